The van der Waals surface area contributed by atoms with Crippen LogP contribution in [0.15, 0.2) is 97.2 Å². The van der Waals surface area contributed by atoms with Gasteiger partial charge in [0.25, 0.3) is 0 Å². The topological polar surface area (TPSA) is 97.9 Å². The minimum absolute atomic E-state index is 0.0800. The number of hydrazine groups is 1. The van der Waals surface area contributed by atoms with Crippen LogP contribution in [0.2, 0.25) is 0 Å². The zero-order valence-electron chi connectivity index (χ0n) is 18.9. The number of hydrogen-bond acceptors (Lipinski definition) is 6. The van der Waals surface area contributed by atoms with E-state index in [1.54, 1.807) is 25.3 Å². The van der Waals surface area contributed by atoms with Gasteiger partial charge in [-0.05, 0) is 53.1 Å². The molecule has 0 bridgehead atoms. The Kier molecular flexibility index (Phi) is 6.47. The Bertz CT molecular complexity index is 1190. The quantitative estimate of drug-likeness (QED) is 0.230. The summed E-state index contributed by atoms with van der Waals surface area (Å²) in [6, 6.07) is 28.3. The van der Waals surface area contributed by atoms with Crippen molar-refractivity contribution in [2.45, 2.75) is 5.54 Å². The summed E-state index contributed by atoms with van der Waals surface area (Å²) < 4.78 is 10.7. The van der Waals surface area contributed by atoms with E-state index in [1.165, 1.54) is 12.3 Å². The molecule has 7 nitrogen and oxygen atoms in total. The number of rotatable bonds is 8. The SMILES string of the molecule is COc1ccc(C(c2ccccc2)(c2ccc(OC)cc2)N(N)c2ccc(C(=O)O)cn2)cc1. The van der Waals surface area contributed by atoms with Crippen molar-refractivity contribution >= 4 is 11.8 Å². The van der Waals surface area contributed by atoms with Crippen LogP contribution >= 0.6 is 0 Å². The van der Waals surface area contributed by atoms with Crippen LogP contribution < -0.4 is 20.3 Å². The van der Waals surface area contributed by atoms with Crippen molar-refractivity contribution in [1.82, 2.24) is 4.98 Å². The van der Waals surface area contributed by atoms with E-state index in [-0.39, 0.29) is 5.56 Å². The number of carboxylic acid groups (broad SMARTS) is 1. The lowest BCUT2D eigenvalue weighted by molar-refractivity contribution is 0.0696. The van der Waals surface area contributed by atoms with Gasteiger partial charge in [0.2, 0.25) is 0 Å². The summed E-state index contributed by atoms with van der Waals surface area (Å²) in [6.07, 6.45) is 1.30. The maximum Gasteiger partial charge on any atom is 0.337 e. The third-order valence-corrected chi connectivity index (χ3v) is 5.81. The predicted octanol–water partition coefficient (Wildman–Crippen LogP) is 4.47. The van der Waals surface area contributed by atoms with Crippen LogP contribution in [0.25, 0.3) is 0 Å². The first kappa shape index (κ1) is 22.8. The smallest absolute Gasteiger partial charge is 0.337 e. The molecule has 4 aromatic rings. The van der Waals surface area contributed by atoms with Crippen molar-refractivity contribution in [1.29, 1.82) is 0 Å². The molecule has 0 aliphatic carbocycles. The lowest BCUT2D eigenvalue weighted by Crippen LogP contribution is -2.53. The van der Waals surface area contributed by atoms with Crippen LogP contribution in [0.1, 0.15) is 27.0 Å². The summed E-state index contributed by atoms with van der Waals surface area (Å²) >= 11 is 0. The van der Waals surface area contributed by atoms with Crippen molar-refractivity contribution in [2.24, 2.45) is 5.84 Å². The number of ether oxygens (including phenoxy) is 2. The average molecular weight is 456 g/mol. The predicted molar refractivity (Wildman–Crippen MR) is 130 cm³/mol. The van der Waals surface area contributed by atoms with Crippen molar-refractivity contribution in [3.05, 3.63) is 119 Å². The van der Waals surface area contributed by atoms with Crippen LogP contribution in [0, 0.1) is 0 Å². The Hall–Kier alpha value is -4.36. The van der Waals surface area contributed by atoms with Gasteiger partial charge in [-0.3, -0.25) is 5.01 Å². The zero-order chi connectivity index (χ0) is 24.1. The van der Waals surface area contributed by atoms with E-state index in [0.29, 0.717) is 17.3 Å². The normalized spacial score (nSPS) is 11.0. The van der Waals surface area contributed by atoms with Crippen LogP contribution in [-0.2, 0) is 5.54 Å². The number of nitrogens with zero attached hydrogens (tertiary/aromatic N) is 2. The third kappa shape index (κ3) is 4.04. The highest BCUT2D eigenvalue weighted by molar-refractivity contribution is 5.87. The van der Waals surface area contributed by atoms with E-state index in [9.17, 15) is 9.90 Å². The van der Waals surface area contributed by atoms with Crippen LogP contribution in [0.3, 0.4) is 0 Å². The summed E-state index contributed by atoms with van der Waals surface area (Å²) in [5.41, 5.74) is 1.72. The highest BCUT2D eigenvalue weighted by atomic mass is 16.5. The average Bonchev–Trinajstić information content (AvgIpc) is 2.90. The maximum atomic E-state index is 11.4. The Morgan fingerprint density at radius 2 is 1.29 bits per heavy atom. The number of aromatic carboxylic acids is 1. The van der Waals surface area contributed by atoms with Crippen molar-refractivity contribution in [3.63, 3.8) is 0 Å². The monoisotopic (exact) mass is 455 g/mol. The number of methoxy groups -OCH3 is 2. The minimum Gasteiger partial charge on any atom is -0.497 e. The number of nitrogens with two attached hydrogens (primary N) is 1. The van der Waals surface area contributed by atoms with Gasteiger partial charge in [-0.1, -0.05) is 54.6 Å². The number of aromatic nitrogens is 1. The van der Waals surface area contributed by atoms with Gasteiger partial charge in [0, 0.05) is 6.20 Å². The van der Waals surface area contributed by atoms with Crippen LogP contribution in [-0.4, -0.2) is 30.3 Å². The molecule has 0 aliphatic rings. The molecule has 0 fully saturated rings. The van der Waals surface area contributed by atoms with Gasteiger partial charge in [0.05, 0.1) is 19.8 Å². The molecule has 0 saturated carbocycles. The van der Waals surface area contributed by atoms with Gasteiger partial charge in [-0.15, -0.1) is 0 Å². The van der Waals surface area contributed by atoms with E-state index in [1.807, 2.05) is 78.9 Å². The molecule has 7 heteroatoms. The first-order valence-electron chi connectivity index (χ1n) is 10.6. The molecule has 0 spiro atoms. The summed E-state index contributed by atoms with van der Waals surface area (Å²) in [7, 11) is 3.23. The van der Waals surface area contributed by atoms with E-state index >= 15 is 0 Å². The minimum atomic E-state index is -1.05. The summed E-state index contributed by atoms with van der Waals surface area (Å²) in [5.74, 6) is 7.68. The number of carboxylic acids is 1. The molecule has 0 aliphatic heterocycles. The second-order valence-corrected chi connectivity index (χ2v) is 7.61. The number of hydrogen-bond donors (Lipinski definition) is 2. The Morgan fingerprint density at radius 3 is 1.71 bits per heavy atom. The first-order chi connectivity index (χ1) is 16.5. The molecule has 3 N–H and O–H groups in total. The molecule has 172 valence electrons. The molecular formula is C27H25N3O4. The summed E-state index contributed by atoms with van der Waals surface area (Å²) in [4.78, 5) is 15.7. The first-order valence-corrected chi connectivity index (χ1v) is 10.6. The molecule has 1 aromatic heterocycles. The Morgan fingerprint density at radius 1 is 0.794 bits per heavy atom. The largest absolute Gasteiger partial charge is 0.497 e. The van der Waals surface area contributed by atoms with Crippen molar-refractivity contribution < 1.29 is 19.4 Å². The Balaban J connectivity index is 2.01. The van der Waals surface area contributed by atoms with Crippen LogP contribution in [0.4, 0.5) is 5.82 Å². The molecule has 34 heavy (non-hydrogen) atoms. The van der Waals surface area contributed by atoms with E-state index < -0.39 is 11.5 Å². The van der Waals surface area contributed by atoms with Gasteiger partial charge in [-0.2, -0.15) is 0 Å². The summed E-state index contributed by atoms with van der Waals surface area (Å²) in [6.45, 7) is 0. The fraction of sp³-hybridized carbons (Fsp3) is 0.111. The highest BCUT2D eigenvalue weighted by Gasteiger charge is 2.42. The third-order valence-electron chi connectivity index (χ3n) is 5.81. The molecule has 3 aromatic carbocycles. The van der Waals surface area contributed by atoms with Gasteiger partial charge in [0.1, 0.15) is 22.9 Å². The second kappa shape index (κ2) is 9.64. The van der Waals surface area contributed by atoms with Gasteiger partial charge < -0.3 is 14.6 Å². The Labute approximate surface area is 198 Å². The molecular weight excluding hydrogens is 430 g/mol. The molecule has 0 unspecified atom stereocenters. The molecule has 0 amide bonds. The molecule has 1 heterocycles. The van der Waals surface area contributed by atoms with E-state index in [2.05, 4.69) is 4.98 Å². The standard InChI is InChI=1S/C27H25N3O4/c1-33-23-13-9-21(10-14-23)27(20-6-4-3-5-7-20,22-11-15-24(34-2)16-12-22)30(28)25-17-8-19(18-29-25)26(31)32/h3-18H,28H2,1-2H3,(H,31,32). The highest BCUT2D eigenvalue weighted by Crippen LogP contribution is 2.43. The maximum absolute atomic E-state index is 11.4. The molecule has 0 saturated heterocycles. The van der Waals surface area contributed by atoms with E-state index in [4.69, 9.17) is 15.3 Å². The fourth-order valence-corrected chi connectivity index (χ4v) is 4.09. The van der Waals surface area contributed by atoms with Gasteiger partial charge in [-0.25, -0.2) is 15.6 Å². The number of benzene rings is 3. The lowest BCUT2D eigenvalue weighted by Gasteiger charge is -2.43. The number of anilines is 1. The van der Waals surface area contributed by atoms with Crippen LogP contribution in [0.5, 0.6) is 11.5 Å². The number of pyridine rings is 1. The van der Waals surface area contributed by atoms with Crippen molar-refractivity contribution in [2.75, 3.05) is 19.2 Å². The summed E-state index contributed by atoms with van der Waals surface area (Å²) in [5, 5.41) is 10.9. The molecule has 0 atom stereocenters. The molecule has 0 radical (unpaired) electrons. The van der Waals surface area contributed by atoms with Gasteiger partial charge in [0.15, 0.2) is 0 Å². The van der Waals surface area contributed by atoms with E-state index in [0.717, 1.165) is 16.7 Å². The molecule has 4 rings (SSSR count). The zero-order valence-corrected chi connectivity index (χ0v) is 18.9. The van der Waals surface area contributed by atoms with Crippen molar-refractivity contribution in [3.8, 4) is 11.5 Å². The second-order valence-electron chi connectivity index (χ2n) is 7.61. The van der Waals surface area contributed by atoms with Gasteiger partial charge >= 0.3 is 5.97 Å². The fourth-order valence-electron chi connectivity index (χ4n) is 4.09. The lowest BCUT2D eigenvalue weighted by atomic mass is 9.76. The number of carbonyl (C=O) groups is 1.